The van der Waals surface area contributed by atoms with Gasteiger partial charge in [-0.15, -0.1) is 0 Å². The first-order valence-corrected chi connectivity index (χ1v) is 4.51. The first-order valence-electron chi connectivity index (χ1n) is 4.51. The normalized spacial score (nSPS) is 11.8. The molecule has 6 nitrogen and oxygen atoms in total. The molecule has 1 aromatic rings. The van der Waals surface area contributed by atoms with E-state index in [1.807, 2.05) is 0 Å². The summed E-state index contributed by atoms with van der Waals surface area (Å²) in [5, 5.41) is 8.89. The second-order valence-corrected chi connectivity index (χ2v) is 3.19. The van der Waals surface area contributed by atoms with E-state index in [2.05, 4.69) is 0 Å². The van der Waals surface area contributed by atoms with Crippen molar-refractivity contribution in [2.75, 3.05) is 5.73 Å². The van der Waals surface area contributed by atoms with Crippen LogP contribution in [-0.4, -0.2) is 23.1 Å². The van der Waals surface area contributed by atoms with Gasteiger partial charge in [-0.05, 0) is 19.1 Å². The Morgan fingerprint density at radius 1 is 1.44 bits per heavy atom. The minimum absolute atomic E-state index is 0.0405. The fourth-order valence-corrected chi connectivity index (χ4v) is 1.09. The lowest BCUT2D eigenvalue weighted by Gasteiger charge is -2.15. The monoisotopic (exact) mass is 224 g/mol. The molecule has 16 heavy (non-hydrogen) atoms. The number of carboxylic acids is 1. The lowest BCUT2D eigenvalue weighted by Crippen LogP contribution is -2.31. The fraction of sp³-hybridized carbons (Fsp3) is 0.200. The van der Waals surface area contributed by atoms with Crippen LogP contribution in [0.5, 0.6) is 5.75 Å². The molecular formula is C10H12N2O4. The standard InChI is InChI=1S/C10H12N2O4/c1-5(9(12)13)16-8-6(10(14)15)3-2-4-7(8)11/h2-5H,11H2,1H3,(H2,12,13)(H,14,15). The molecule has 1 atom stereocenters. The van der Waals surface area contributed by atoms with Crippen molar-refractivity contribution in [2.45, 2.75) is 13.0 Å². The average molecular weight is 224 g/mol. The SMILES string of the molecule is CC(Oc1c(N)cccc1C(=O)O)C(N)=O. The second-order valence-electron chi connectivity index (χ2n) is 3.19. The predicted molar refractivity (Wildman–Crippen MR) is 57.1 cm³/mol. The van der Waals surface area contributed by atoms with E-state index in [1.165, 1.54) is 25.1 Å². The number of aromatic carboxylic acids is 1. The third-order valence-electron chi connectivity index (χ3n) is 1.97. The lowest BCUT2D eigenvalue weighted by molar-refractivity contribution is -0.123. The molecule has 1 rings (SSSR count). The summed E-state index contributed by atoms with van der Waals surface area (Å²) in [6, 6.07) is 4.30. The van der Waals surface area contributed by atoms with Crippen molar-refractivity contribution in [2.24, 2.45) is 5.73 Å². The summed E-state index contributed by atoms with van der Waals surface area (Å²) in [5.74, 6) is -1.92. The summed E-state index contributed by atoms with van der Waals surface area (Å²) in [5.41, 5.74) is 10.6. The van der Waals surface area contributed by atoms with Crippen LogP contribution in [0.2, 0.25) is 0 Å². The van der Waals surface area contributed by atoms with Crippen LogP contribution in [0.3, 0.4) is 0 Å². The molecule has 0 radical (unpaired) electrons. The molecule has 0 fully saturated rings. The van der Waals surface area contributed by atoms with Gasteiger partial charge in [0.1, 0.15) is 5.56 Å². The third kappa shape index (κ3) is 2.41. The molecule has 6 heteroatoms. The maximum Gasteiger partial charge on any atom is 0.339 e. The molecule has 5 N–H and O–H groups in total. The number of para-hydroxylation sites is 1. The Kier molecular flexibility index (Phi) is 3.34. The van der Waals surface area contributed by atoms with Gasteiger partial charge < -0.3 is 21.3 Å². The summed E-state index contributed by atoms with van der Waals surface area (Å²) in [7, 11) is 0. The zero-order valence-electron chi connectivity index (χ0n) is 8.64. The van der Waals surface area contributed by atoms with Gasteiger partial charge >= 0.3 is 5.97 Å². The summed E-state index contributed by atoms with van der Waals surface area (Å²) < 4.78 is 5.12. The Labute approximate surface area is 91.8 Å². The van der Waals surface area contributed by atoms with E-state index >= 15 is 0 Å². The molecule has 0 heterocycles. The van der Waals surface area contributed by atoms with E-state index in [-0.39, 0.29) is 17.0 Å². The zero-order chi connectivity index (χ0) is 12.3. The third-order valence-corrected chi connectivity index (χ3v) is 1.97. The zero-order valence-corrected chi connectivity index (χ0v) is 8.64. The topological polar surface area (TPSA) is 116 Å². The molecule has 1 unspecified atom stereocenters. The van der Waals surface area contributed by atoms with Gasteiger partial charge in [0.05, 0.1) is 5.69 Å². The first kappa shape index (κ1) is 11.8. The van der Waals surface area contributed by atoms with Gasteiger partial charge in [0.2, 0.25) is 0 Å². The van der Waals surface area contributed by atoms with Crippen LogP contribution in [0.4, 0.5) is 5.69 Å². The lowest BCUT2D eigenvalue weighted by atomic mass is 10.1. The number of nitrogens with two attached hydrogens (primary N) is 2. The van der Waals surface area contributed by atoms with Gasteiger partial charge in [0.15, 0.2) is 11.9 Å². The minimum Gasteiger partial charge on any atom is -0.478 e. The van der Waals surface area contributed by atoms with Crippen molar-refractivity contribution in [3.8, 4) is 5.75 Å². The molecule has 0 aliphatic carbocycles. The Hall–Kier alpha value is -2.24. The average Bonchev–Trinajstić information content (AvgIpc) is 2.20. The van der Waals surface area contributed by atoms with Crippen molar-refractivity contribution in [3.05, 3.63) is 23.8 Å². The minimum atomic E-state index is -1.18. The molecule has 0 aromatic heterocycles. The van der Waals surface area contributed by atoms with E-state index < -0.39 is 18.0 Å². The summed E-state index contributed by atoms with van der Waals surface area (Å²) in [6.45, 7) is 1.42. The summed E-state index contributed by atoms with van der Waals surface area (Å²) in [6.07, 6.45) is -0.942. The number of anilines is 1. The number of rotatable bonds is 4. The highest BCUT2D eigenvalue weighted by molar-refractivity contribution is 5.93. The van der Waals surface area contributed by atoms with Crippen molar-refractivity contribution < 1.29 is 19.4 Å². The van der Waals surface area contributed by atoms with E-state index in [4.69, 9.17) is 21.3 Å². The second kappa shape index (κ2) is 4.52. The van der Waals surface area contributed by atoms with Gasteiger partial charge in [-0.25, -0.2) is 4.79 Å². The van der Waals surface area contributed by atoms with Crippen LogP contribution in [0, 0.1) is 0 Å². The van der Waals surface area contributed by atoms with Gasteiger partial charge in [-0.1, -0.05) is 6.07 Å². The van der Waals surface area contributed by atoms with Gasteiger partial charge in [-0.2, -0.15) is 0 Å². The van der Waals surface area contributed by atoms with Crippen LogP contribution in [0.15, 0.2) is 18.2 Å². The number of carboxylic acid groups (broad SMARTS) is 1. The molecule has 0 saturated carbocycles. The Bertz CT molecular complexity index is 431. The Morgan fingerprint density at radius 2 is 2.06 bits per heavy atom. The fourth-order valence-electron chi connectivity index (χ4n) is 1.09. The summed E-state index contributed by atoms with van der Waals surface area (Å²) >= 11 is 0. The molecule has 1 aromatic carbocycles. The Balaban J connectivity index is 3.11. The number of ether oxygens (including phenoxy) is 1. The summed E-state index contributed by atoms with van der Waals surface area (Å²) in [4.78, 5) is 21.7. The van der Waals surface area contributed by atoms with E-state index in [9.17, 15) is 9.59 Å². The van der Waals surface area contributed by atoms with E-state index in [0.29, 0.717) is 0 Å². The van der Waals surface area contributed by atoms with Crippen molar-refractivity contribution in [1.82, 2.24) is 0 Å². The van der Waals surface area contributed by atoms with Crippen molar-refractivity contribution >= 4 is 17.6 Å². The van der Waals surface area contributed by atoms with Gasteiger partial charge in [0.25, 0.3) is 5.91 Å². The highest BCUT2D eigenvalue weighted by atomic mass is 16.5. The Morgan fingerprint density at radius 3 is 2.56 bits per heavy atom. The molecule has 0 aliphatic rings. The number of benzene rings is 1. The molecule has 0 bridgehead atoms. The molecule has 0 saturated heterocycles. The number of carbonyl (C=O) groups excluding carboxylic acids is 1. The number of amides is 1. The number of hydrogen-bond acceptors (Lipinski definition) is 4. The number of hydrogen-bond donors (Lipinski definition) is 3. The molecular weight excluding hydrogens is 212 g/mol. The first-order chi connectivity index (χ1) is 7.43. The maximum atomic E-state index is 10.9. The van der Waals surface area contributed by atoms with Crippen LogP contribution in [-0.2, 0) is 4.79 Å². The quantitative estimate of drug-likeness (QED) is 0.632. The smallest absolute Gasteiger partial charge is 0.339 e. The maximum absolute atomic E-state index is 10.9. The van der Waals surface area contributed by atoms with Crippen molar-refractivity contribution in [1.29, 1.82) is 0 Å². The predicted octanol–water partition coefficient (Wildman–Crippen LogP) is 0.220. The number of carbonyl (C=O) groups is 2. The molecule has 0 spiro atoms. The van der Waals surface area contributed by atoms with Crippen LogP contribution < -0.4 is 16.2 Å². The molecule has 0 aliphatic heterocycles. The van der Waals surface area contributed by atoms with Gasteiger partial charge in [0, 0.05) is 0 Å². The molecule has 1 amide bonds. The number of primary amides is 1. The largest absolute Gasteiger partial charge is 0.478 e. The highest BCUT2D eigenvalue weighted by Gasteiger charge is 2.18. The van der Waals surface area contributed by atoms with Gasteiger partial charge in [-0.3, -0.25) is 4.79 Å². The molecule has 86 valence electrons. The van der Waals surface area contributed by atoms with Crippen LogP contribution in [0.25, 0.3) is 0 Å². The van der Waals surface area contributed by atoms with E-state index in [0.717, 1.165) is 0 Å². The van der Waals surface area contributed by atoms with Crippen molar-refractivity contribution in [3.63, 3.8) is 0 Å². The van der Waals surface area contributed by atoms with Crippen LogP contribution >= 0.6 is 0 Å². The highest BCUT2D eigenvalue weighted by Crippen LogP contribution is 2.27. The van der Waals surface area contributed by atoms with E-state index in [1.54, 1.807) is 0 Å². The van der Waals surface area contributed by atoms with Crippen LogP contribution in [0.1, 0.15) is 17.3 Å². The number of nitrogen functional groups attached to an aromatic ring is 1.